The van der Waals surface area contributed by atoms with Crippen molar-refractivity contribution in [2.75, 3.05) is 6.61 Å². The Hall–Kier alpha value is -2.14. The van der Waals surface area contributed by atoms with Gasteiger partial charge in [0.1, 0.15) is 0 Å². The number of aryl methyl sites for hydroxylation is 1. The molecule has 0 saturated heterocycles. The predicted molar refractivity (Wildman–Crippen MR) is 124 cm³/mol. The Kier molecular flexibility index (Phi) is 10.6. The lowest BCUT2D eigenvalue weighted by atomic mass is 10.0. The molecule has 1 aromatic carbocycles. The third kappa shape index (κ3) is 8.31. The van der Waals surface area contributed by atoms with Crippen molar-refractivity contribution in [2.45, 2.75) is 72.3 Å². The zero-order valence-corrected chi connectivity index (χ0v) is 19.4. The number of ether oxygens (including phenoxy) is 1. The molecule has 0 saturated carbocycles. The van der Waals surface area contributed by atoms with Crippen molar-refractivity contribution < 1.29 is 14.3 Å². The largest absolute Gasteiger partial charge is 0.466 e. The second-order valence-corrected chi connectivity index (χ2v) is 8.77. The lowest BCUT2D eigenvalue weighted by Gasteiger charge is -2.11. The summed E-state index contributed by atoms with van der Waals surface area (Å²) in [6.45, 7) is 7.05. The summed E-state index contributed by atoms with van der Waals surface area (Å²) < 4.78 is 4.98. The Morgan fingerprint density at radius 2 is 1.83 bits per heavy atom. The standard InChI is InChI=1S/C25H35NO3S/c1-4-6-7-8-9-19(3)25(28)26-17-23-16-22(18-30-23)21-13-10-20(11-14-21)12-15-24(27)29-5-2/h10-11,13-14,16,18-19H,4-9,12,15,17H2,1-3H3,(H,26,28). The van der Waals surface area contributed by atoms with Gasteiger partial charge in [-0.1, -0.05) is 63.8 Å². The van der Waals surface area contributed by atoms with Crippen LogP contribution in [0.4, 0.5) is 0 Å². The summed E-state index contributed by atoms with van der Waals surface area (Å²) in [5, 5.41) is 5.21. The van der Waals surface area contributed by atoms with Crippen molar-refractivity contribution in [1.82, 2.24) is 5.32 Å². The first-order valence-electron chi connectivity index (χ1n) is 11.1. The van der Waals surface area contributed by atoms with Crippen LogP contribution in [0.25, 0.3) is 11.1 Å². The van der Waals surface area contributed by atoms with Crippen LogP contribution < -0.4 is 5.32 Å². The van der Waals surface area contributed by atoms with E-state index in [1.54, 1.807) is 11.3 Å². The Bertz CT molecular complexity index is 782. The number of carbonyl (C=O) groups is 2. The fourth-order valence-corrected chi connectivity index (χ4v) is 4.16. The molecule has 4 nitrogen and oxygen atoms in total. The molecule has 0 spiro atoms. The SMILES string of the molecule is CCCCCCC(C)C(=O)NCc1cc(-c2ccc(CCC(=O)OCC)cc2)cs1. The molecule has 1 amide bonds. The molecule has 2 rings (SSSR count). The highest BCUT2D eigenvalue weighted by Crippen LogP contribution is 2.26. The fourth-order valence-electron chi connectivity index (χ4n) is 3.32. The number of thiophene rings is 1. The highest BCUT2D eigenvalue weighted by molar-refractivity contribution is 7.10. The Labute approximate surface area is 185 Å². The third-order valence-corrected chi connectivity index (χ3v) is 6.18. The normalized spacial score (nSPS) is 11.8. The van der Waals surface area contributed by atoms with Gasteiger partial charge in [0.2, 0.25) is 5.91 Å². The Morgan fingerprint density at radius 3 is 2.53 bits per heavy atom. The quantitative estimate of drug-likeness (QED) is 0.308. The van der Waals surface area contributed by atoms with Gasteiger partial charge in [-0.15, -0.1) is 11.3 Å². The molecule has 1 heterocycles. The van der Waals surface area contributed by atoms with Gasteiger partial charge in [-0.05, 0) is 47.9 Å². The molecule has 1 N–H and O–H groups in total. The topological polar surface area (TPSA) is 55.4 Å². The maximum absolute atomic E-state index is 12.3. The van der Waals surface area contributed by atoms with Gasteiger partial charge in [-0.2, -0.15) is 0 Å². The number of hydrogen-bond acceptors (Lipinski definition) is 4. The maximum atomic E-state index is 12.3. The molecule has 0 radical (unpaired) electrons. The van der Waals surface area contributed by atoms with E-state index in [4.69, 9.17) is 4.74 Å². The van der Waals surface area contributed by atoms with E-state index in [1.807, 2.05) is 13.8 Å². The summed E-state index contributed by atoms with van der Waals surface area (Å²) in [7, 11) is 0. The van der Waals surface area contributed by atoms with Crippen LogP contribution in [0.1, 0.15) is 69.7 Å². The molecule has 0 bridgehead atoms. The highest BCUT2D eigenvalue weighted by atomic mass is 32.1. The summed E-state index contributed by atoms with van der Waals surface area (Å²) in [6, 6.07) is 10.4. The average molecular weight is 430 g/mol. The summed E-state index contributed by atoms with van der Waals surface area (Å²) in [4.78, 5) is 24.9. The summed E-state index contributed by atoms with van der Waals surface area (Å²) in [6.07, 6.45) is 6.87. The average Bonchev–Trinajstić information content (AvgIpc) is 3.23. The molecule has 164 valence electrons. The molecule has 0 aliphatic rings. The van der Waals surface area contributed by atoms with Crippen LogP contribution in [-0.4, -0.2) is 18.5 Å². The molecule has 0 aliphatic carbocycles. The van der Waals surface area contributed by atoms with Crippen molar-refractivity contribution in [2.24, 2.45) is 5.92 Å². The number of unbranched alkanes of at least 4 members (excludes halogenated alkanes) is 3. The molecule has 30 heavy (non-hydrogen) atoms. The fraction of sp³-hybridized carbons (Fsp3) is 0.520. The van der Waals surface area contributed by atoms with E-state index in [9.17, 15) is 9.59 Å². The monoisotopic (exact) mass is 429 g/mol. The summed E-state index contributed by atoms with van der Waals surface area (Å²) in [5.41, 5.74) is 3.43. The van der Waals surface area contributed by atoms with Crippen molar-refractivity contribution in [1.29, 1.82) is 0 Å². The van der Waals surface area contributed by atoms with Gasteiger partial charge in [0, 0.05) is 17.2 Å². The van der Waals surface area contributed by atoms with Gasteiger partial charge < -0.3 is 10.1 Å². The molecular formula is C25H35NO3S. The van der Waals surface area contributed by atoms with Gasteiger partial charge in [-0.3, -0.25) is 9.59 Å². The van der Waals surface area contributed by atoms with E-state index in [0.717, 1.165) is 34.4 Å². The number of rotatable bonds is 13. The Balaban J connectivity index is 1.80. The number of nitrogens with one attached hydrogen (secondary N) is 1. The van der Waals surface area contributed by atoms with Crippen molar-refractivity contribution >= 4 is 23.2 Å². The van der Waals surface area contributed by atoms with Gasteiger partial charge >= 0.3 is 5.97 Å². The minimum Gasteiger partial charge on any atom is -0.466 e. The second-order valence-electron chi connectivity index (χ2n) is 7.77. The van der Waals surface area contributed by atoms with Crippen LogP contribution in [0.5, 0.6) is 0 Å². The van der Waals surface area contributed by atoms with E-state index in [2.05, 4.69) is 48.0 Å². The van der Waals surface area contributed by atoms with Crippen LogP contribution in [-0.2, 0) is 27.3 Å². The van der Waals surface area contributed by atoms with Crippen LogP contribution in [0.15, 0.2) is 35.7 Å². The summed E-state index contributed by atoms with van der Waals surface area (Å²) in [5.74, 6) is 0.0669. The first-order valence-corrected chi connectivity index (χ1v) is 12.0. The summed E-state index contributed by atoms with van der Waals surface area (Å²) >= 11 is 1.67. The molecule has 1 unspecified atom stereocenters. The number of esters is 1. The lowest BCUT2D eigenvalue weighted by Crippen LogP contribution is -2.28. The lowest BCUT2D eigenvalue weighted by molar-refractivity contribution is -0.143. The zero-order chi connectivity index (χ0) is 21.8. The molecule has 1 aromatic heterocycles. The smallest absolute Gasteiger partial charge is 0.306 e. The minimum atomic E-state index is -0.152. The van der Waals surface area contributed by atoms with E-state index in [0.29, 0.717) is 26.0 Å². The number of benzene rings is 1. The first kappa shape index (κ1) is 24.1. The molecule has 1 atom stereocenters. The molecule has 0 fully saturated rings. The minimum absolute atomic E-state index is 0.0726. The molecule has 5 heteroatoms. The van der Waals surface area contributed by atoms with E-state index >= 15 is 0 Å². The number of carbonyl (C=O) groups excluding carboxylic acids is 2. The third-order valence-electron chi connectivity index (χ3n) is 5.24. The zero-order valence-electron chi connectivity index (χ0n) is 18.5. The van der Waals surface area contributed by atoms with Crippen molar-refractivity contribution in [3.63, 3.8) is 0 Å². The van der Waals surface area contributed by atoms with Crippen LogP contribution in [0.3, 0.4) is 0 Å². The van der Waals surface area contributed by atoms with Crippen LogP contribution >= 0.6 is 11.3 Å². The van der Waals surface area contributed by atoms with Crippen LogP contribution in [0, 0.1) is 5.92 Å². The van der Waals surface area contributed by atoms with Gasteiger partial charge in [0.15, 0.2) is 0 Å². The second kappa shape index (κ2) is 13.2. The van der Waals surface area contributed by atoms with Crippen LogP contribution in [0.2, 0.25) is 0 Å². The maximum Gasteiger partial charge on any atom is 0.306 e. The Morgan fingerprint density at radius 1 is 1.07 bits per heavy atom. The number of amides is 1. The highest BCUT2D eigenvalue weighted by Gasteiger charge is 2.12. The van der Waals surface area contributed by atoms with Crippen molar-refractivity contribution in [3.05, 3.63) is 46.2 Å². The van der Waals surface area contributed by atoms with Crippen molar-refractivity contribution in [3.8, 4) is 11.1 Å². The predicted octanol–water partition coefficient (Wildman–Crippen LogP) is 6.13. The molecule has 0 aliphatic heterocycles. The number of hydrogen-bond donors (Lipinski definition) is 1. The molecule has 2 aromatic rings. The van der Waals surface area contributed by atoms with Gasteiger partial charge in [0.25, 0.3) is 0 Å². The van der Waals surface area contributed by atoms with E-state index in [1.165, 1.54) is 19.3 Å². The van der Waals surface area contributed by atoms with Gasteiger partial charge in [-0.25, -0.2) is 0 Å². The first-order chi connectivity index (χ1) is 14.5. The molecular weight excluding hydrogens is 394 g/mol. The van der Waals surface area contributed by atoms with E-state index in [-0.39, 0.29) is 17.8 Å². The van der Waals surface area contributed by atoms with E-state index < -0.39 is 0 Å². The van der Waals surface area contributed by atoms with Gasteiger partial charge in [0.05, 0.1) is 13.2 Å².